The van der Waals surface area contributed by atoms with Gasteiger partial charge in [-0.1, -0.05) is 12.1 Å². The highest BCUT2D eigenvalue weighted by Gasteiger charge is 2.34. The van der Waals surface area contributed by atoms with E-state index in [4.69, 9.17) is 14.2 Å². The zero-order valence-corrected chi connectivity index (χ0v) is 16.6. The number of amides is 1. The first kappa shape index (κ1) is 19.1. The Hall–Kier alpha value is -2.69. The standard InChI is InChI=1S/C22H27NO4/c1-14-10-15(6-9-19(14)26-5)11-21(24)23-18-13-22(2,3)27-20-12-16(25-4)7-8-17(18)20/h6-10,12,18H,11,13H2,1-5H3,(H,23,24)/t18-/m1/s1. The summed E-state index contributed by atoms with van der Waals surface area (Å²) < 4.78 is 16.7. The molecule has 5 heteroatoms. The lowest BCUT2D eigenvalue weighted by Crippen LogP contribution is -2.41. The van der Waals surface area contributed by atoms with Crippen LogP contribution in [0.25, 0.3) is 0 Å². The Morgan fingerprint density at radius 1 is 1.19 bits per heavy atom. The van der Waals surface area contributed by atoms with Crippen LogP contribution in [0.5, 0.6) is 17.2 Å². The van der Waals surface area contributed by atoms with Crippen molar-refractivity contribution in [2.24, 2.45) is 0 Å². The first-order valence-electron chi connectivity index (χ1n) is 9.11. The lowest BCUT2D eigenvalue weighted by molar-refractivity contribution is -0.121. The molecule has 2 aromatic rings. The molecule has 0 radical (unpaired) electrons. The predicted octanol–water partition coefficient (Wildman–Crippen LogP) is 3.97. The third kappa shape index (κ3) is 4.35. The minimum Gasteiger partial charge on any atom is -0.497 e. The van der Waals surface area contributed by atoms with Crippen LogP contribution in [-0.2, 0) is 11.2 Å². The molecule has 1 N–H and O–H groups in total. The Morgan fingerprint density at radius 2 is 1.96 bits per heavy atom. The van der Waals surface area contributed by atoms with E-state index in [0.717, 1.165) is 33.9 Å². The van der Waals surface area contributed by atoms with Crippen molar-refractivity contribution in [2.45, 2.75) is 45.3 Å². The van der Waals surface area contributed by atoms with Gasteiger partial charge in [-0.3, -0.25) is 4.79 Å². The molecule has 1 heterocycles. The molecule has 0 bridgehead atoms. The molecule has 0 spiro atoms. The van der Waals surface area contributed by atoms with Gasteiger partial charge in [-0.2, -0.15) is 0 Å². The molecule has 0 fully saturated rings. The van der Waals surface area contributed by atoms with E-state index in [-0.39, 0.29) is 17.6 Å². The summed E-state index contributed by atoms with van der Waals surface area (Å²) in [5.41, 5.74) is 2.60. The predicted molar refractivity (Wildman–Crippen MR) is 105 cm³/mol. The summed E-state index contributed by atoms with van der Waals surface area (Å²) in [6.07, 6.45) is 1.04. The van der Waals surface area contributed by atoms with Gasteiger partial charge in [0.1, 0.15) is 22.8 Å². The molecule has 0 unspecified atom stereocenters. The summed E-state index contributed by atoms with van der Waals surface area (Å²) in [5, 5.41) is 3.17. The molecule has 0 aromatic heterocycles. The quantitative estimate of drug-likeness (QED) is 0.866. The van der Waals surface area contributed by atoms with E-state index in [1.807, 2.05) is 57.2 Å². The molecule has 144 valence electrons. The number of carbonyl (C=O) groups is 1. The third-order valence-corrected chi connectivity index (χ3v) is 4.84. The van der Waals surface area contributed by atoms with Crippen LogP contribution in [0.4, 0.5) is 0 Å². The second kappa shape index (κ2) is 7.51. The highest BCUT2D eigenvalue weighted by Crippen LogP contribution is 2.41. The fraction of sp³-hybridized carbons (Fsp3) is 0.409. The van der Waals surface area contributed by atoms with E-state index >= 15 is 0 Å². The molecule has 27 heavy (non-hydrogen) atoms. The van der Waals surface area contributed by atoms with E-state index in [9.17, 15) is 4.79 Å². The number of nitrogens with one attached hydrogen (secondary N) is 1. The molecule has 0 aliphatic carbocycles. The Morgan fingerprint density at radius 3 is 2.63 bits per heavy atom. The maximum atomic E-state index is 12.7. The first-order valence-corrected chi connectivity index (χ1v) is 9.11. The summed E-state index contributed by atoms with van der Waals surface area (Å²) in [4.78, 5) is 12.7. The SMILES string of the molecule is COc1ccc2c(c1)OC(C)(C)C[C@H]2NC(=O)Cc1ccc(OC)c(C)c1. The van der Waals surface area contributed by atoms with E-state index in [1.165, 1.54) is 0 Å². The number of hydrogen-bond acceptors (Lipinski definition) is 4. The van der Waals surface area contributed by atoms with Gasteiger partial charge >= 0.3 is 0 Å². The Kier molecular flexibility index (Phi) is 5.31. The van der Waals surface area contributed by atoms with E-state index < -0.39 is 0 Å². The summed E-state index contributed by atoms with van der Waals surface area (Å²) in [6, 6.07) is 11.5. The van der Waals surface area contributed by atoms with Gasteiger partial charge in [-0.05, 0) is 50.1 Å². The molecule has 0 saturated heterocycles. The first-order chi connectivity index (χ1) is 12.8. The van der Waals surface area contributed by atoms with Crippen LogP contribution in [0, 0.1) is 6.92 Å². The summed E-state index contributed by atoms with van der Waals surface area (Å²) in [7, 11) is 3.28. The number of rotatable bonds is 5. The Labute approximate surface area is 160 Å². The van der Waals surface area contributed by atoms with Crippen LogP contribution in [0.3, 0.4) is 0 Å². The average Bonchev–Trinajstić information content (AvgIpc) is 2.60. The van der Waals surface area contributed by atoms with E-state index in [0.29, 0.717) is 12.8 Å². The fourth-order valence-corrected chi connectivity index (χ4v) is 3.57. The molecule has 0 saturated carbocycles. The van der Waals surface area contributed by atoms with Crippen LogP contribution in [0.2, 0.25) is 0 Å². The van der Waals surface area contributed by atoms with Crippen LogP contribution in [-0.4, -0.2) is 25.7 Å². The van der Waals surface area contributed by atoms with Crippen LogP contribution in [0.1, 0.15) is 43.0 Å². The molecular weight excluding hydrogens is 342 g/mol. The van der Waals surface area contributed by atoms with Crippen LogP contribution < -0.4 is 19.5 Å². The smallest absolute Gasteiger partial charge is 0.224 e. The Balaban J connectivity index is 1.76. The van der Waals surface area contributed by atoms with Crippen LogP contribution >= 0.6 is 0 Å². The monoisotopic (exact) mass is 369 g/mol. The lowest BCUT2D eigenvalue weighted by atomic mass is 9.89. The average molecular weight is 369 g/mol. The largest absolute Gasteiger partial charge is 0.497 e. The molecule has 2 aromatic carbocycles. The molecule has 5 nitrogen and oxygen atoms in total. The highest BCUT2D eigenvalue weighted by atomic mass is 16.5. The van der Waals surface area contributed by atoms with E-state index in [2.05, 4.69) is 5.32 Å². The Bertz CT molecular complexity index is 844. The van der Waals surface area contributed by atoms with Gasteiger partial charge in [0.15, 0.2) is 0 Å². The van der Waals surface area contributed by atoms with Crippen molar-refractivity contribution in [2.75, 3.05) is 14.2 Å². The van der Waals surface area contributed by atoms with Crippen molar-refractivity contribution in [3.05, 3.63) is 53.1 Å². The normalized spacial score (nSPS) is 17.4. The summed E-state index contributed by atoms with van der Waals surface area (Å²) >= 11 is 0. The summed E-state index contributed by atoms with van der Waals surface area (Å²) in [6.45, 7) is 6.04. The third-order valence-electron chi connectivity index (χ3n) is 4.84. The van der Waals surface area contributed by atoms with Gasteiger partial charge in [-0.25, -0.2) is 0 Å². The van der Waals surface area contributed by atoms with Gasteiger partial charge < -0.3 is 19.5 Å². The maximum Gasteiger partial charge on any atom is 0.224 e. The molecular formula is C22H27NO4. The minimum atomic E-state index is -0.367. The topological polar surface area (TPSA) is 56.8 Å². The molecule has 1 amide bonds. The van der Waals surface area contributed by atoms with E-state index in [1.54, 1.807) is 14.2 Å². The van der Waals surface area contributed by atoms with Crippen molar-refractivity contribution in [1.82, 2.24) is 5.32 Å². The number of benzene rings is 2. The van der Waals surface area contributed by atoms with Gasteiger partial charge in [0.05, 0.1) is 26.7 Å². The van der Waals surface area contributed by atoms with Crippen molar-refractivity contribution in [1.29, 1.82) is 0 Å². The number of fused-ring (bicyclic) bond motifs is 1. The second-order valence-electron chi connectivity index (χ2n) is 7.57. The number of aryl methyl sites for hydroxylation is 1. The summed E-state index contributed by atoms with van der Waals surface area (Å²) in [5.74, 6) is 2.32. The number of hydrogen-bond donors (Lipinski definition) is 1. The molecule has 1 aliphatic rings. The van der Waals surface area contributed by atoms with Crippen molar-refractivity contribution >= 4 is 5.91 Å². The number of ether oxygens (including phenoxy) is 3. The fourth-order valence-electron chi connectivity index (χ4n) is 3.57. The zero-order valence-electron chi connectivity index (χ0n) is 16.6. The number of methoxy groups -OCH3 is 2. The second-order valence-corrected chi connectivity index (χ2v) is 7.57. The highest BCUT2D eigenvalue weighted by molar-refractivity contribution is 5.79. The van der Waals surface area contributed by atoms with Crippen LogP contribution in [0.15, 0.2) is 36.4 Å². The minimum absolute atomic E-state index is 0.0102. The lowest BCUT2D eigenvalue weighted by Gasteiger charge is -2.38. The molecule has 1 aliphatic heterocycles. The molecule has 1 atom stereocenters. The van der Waals surface area contributed by atoms with Gasteiger partial charge in [0, 0.05) is 18.1 Å². The maximum absolute atomic E-state index is 12.7. The van der Waals surface area contributed by atoms with Gasteiger partial charge in [0.25, 0.3) is 0 Å². The number of carbonyl (C=O) groups excluding carboxylic acids is 1. The van der Waals surface area contributed by atoms with Gasteiger partial charge in [-0.15, -0.1) is 0 Å². The van der Waals surface area contributed by atoms with Crippen molar-refractivity contribution in [3.8, 4) is 17.2 Å². The van der Waals surface area contributed by atoms with Crippen molar-refractivity contribution < 1.29 is 19.0 Å². The van der Waals surface area contributed by atoms with Crippen molar-refractivity contribution in [3.63, 3.8) is 0 Å². The zero-order chi connectivity index (χ0) is 19.6. The van der Waals surface area contributed by atoms with Gasteiger partial charge in [0.2, 0.25) is 5.91 Å². The molecule has 3 rings (SSSR count).